The Morgan fingerprint density at radius 3 is 2.57 bits per heavy atom. The lowest BCUT2D eigenvalue weighted by Crippen LogP contribution is -2.33. The molecule has 8 heteroatoms. The van der Waals surface area contributed by atoms with Crippen LogP contribution in [0.1, 0.15) is 35.8 Å². The van der Waals surface area contributed by atoms with E-state index in [0.29, 0.717) is 17.1 Å². The molecule has 3 rings (SSSR count). The van der Waals surface area contributed by atoms with Crippen molar-refractivity contribution in [3.05, 3.63) is 70.6 Å². The number of halogens is 1. The van der Waals surface area contributed by atoms with Gasteiger partial charge in [0, 0.05) is 10.7 Å². The molecule has 7 nitrogen and oxygen atoms in total. The van der Waals surface area contributed by atoms with Gasteiger partial charge < -0.3 is 10.6 Å². The van der Waals surface area contributed by atoms with Gasteiger partial charge in [0.05, 0.1) is 29.7 Å². The Kier molecular flexibility index (Phi) is 6.20. The Balaban J connectivity index is 1.72. The molecule has 0 saturated carbocycles. The fourth-order valence-electron chi connectivity index (χ4n) is 2.76. The zero-order chi connectivity index (χ0) is 20.1. The van der Waals surface area contributed by atoms with Gasteiger partial charge in [-0.3, -0.25) is 9.59 Å². The molecule has 0 bridgehead atoms. The smallest absolute Gasteiger partial charge is 0.255 e. The number of hydrogen-bond donors (Lipinski definition) is 2. The summed E-state index contributed by atoms with van der Waals surface area (Å²) in [5.41, 5.74) is 1.81. The van der Waals surface area contributed by atoms with Crippen molar-refractivity contribution < 1.29 is 9.59 Å². The van der Waals surface area contributed by atoms with Gasteiger partial charge in [-0.15, -0.1) is 0 Å². The first-order valence-corrected chi connectivity index (χ1v) is 9.58. The molecule has 0 atom stereocenters. The van der Waals surface area contributed by atoms with Gasteiger partial charge in [0.25, 0.3) is 5.91 Å². The first-order valence-electron chi connectivity index (χ1n) is 8.79. The molecule has 2 N–H and O–H groups in total. The molecule has 0 spiro atoms. The fourth-order valence-corrected chi connectivity index (χ4v) is 3.15. The number of amides is 2. The van der Waals surface area contributed by atoms with Crippen LogP contribution in [-0.4, -0.2) is 33.1 Å². The van der Waals surface area contributed by atoms with E-state index in [1.165, 1.54) is 6.20 Å². The van der Waals surface area contributed by atoms with E-state index in [9.17, 15) is 9.59 Å². The predicted molar refractivity (Wildman–Crippen MR) is 111 cm³/mol. The molecule has 0 aliphatic heterocycles. The minimum atomic E-state index is -0.354. The average molecular weight is 442 g/mol. The molecule has 2 heterocycles. The first kappa shape index (κ1) is 19.8. The zero-order valence-electron chi connectivity index (χ0n) is 15.5. The number of nitrogens with zero attached hydrogens (tertiary/aromatic N) is 3. The third-order valence-electron chi connectivity index (χ3n) is 4.02. The van der Waals surface area contributed by atoms with Gasteiger partial charge in [0.1, 0.15) is 0 Å². The van der Waals surface area contributed by atoms with Crippen molar-refractivity contribution in [3.8, 4) is 5.82 Å². The van der Waals surface area contributed by atoms with Crippen LogP contribution in [0.15, 0.2) is 59.3 Å². The summed E-state index contributed by atoms with van der Waals surface area (Å²) in [5.74, 6) is 0.00732. The van der Waals surface area contributed by atoms with Crippen molar-refractivity contribution in [1.29, 1.82) is 0 Å². The molecule has 0 saturated heterocycles. The molecule has 0 aliphatic rings. The van der Waals surface area contributed by atoms with Crippen molar-refractivity contribution in [1.82, 2.24) is 20.1 Å². The van der Waals surface area contributed by atoms with Crippen molar-refractivity contribution in [2.45, 2.75) is 19.8 Å². The monoisotopic (exact) mass is 441 g/mol. The minimum absolute atomic E-state index is 0.0411. The van der Waals surface area contributed by atoms with Crippen LogP contribution in [0, 0.1) is 0 Å². The van der Waals surface area contributed by atoms with E-state index < -0.39 is 0 Å². The van der Waals surface area contributed by atoms with Crippen molar-refractivity contribution in [2.75, 3.05) is 11.9 Å². The molecule has 0 radical (unpaired) electrons. The van der Waals surface area contributed by atoms with E-state index in [-0.39, 0.29) is 24.3 Å². The molecule has 2 amide bonds. The Hall–Kier alpha value is -3.00. The van der Waals surface area contributed by atoms with Gasteiger partial charge >= 0.3 is 0 Å². The number of carbonyl (C=O) groups is 2. The van der Waals surface area contributed by atoms with Gasteiger partial charge in [-0.2, -0.15) is 5.10 Å². The summed E-state index contributed by atoms with van der Waals surface area (Å²) in [7, 11) is 0. The minimum Gasteiger partial charge on any atom is -0.343 e. The lowest BCUT2D eigenvalue weighted by atomic mass is 10.1. The Bertz CT molecular complexity index is 985. The number of para-hydroxylation sites is 1. The van der Waals surface area contributed by atoms with Crippen LogP contribution in [0.25, 0.3) is 5.82 Å². The summed E-state index contributed by atoms with van der Waals surface area (Å²) in [6, 6.07) is 12.8. The largest absolute Gasteiger partial charge is 0.343 e. The highest BCUT2D eigenvalue weighted by Gasteiger charge is 2.21. The number of anilines is 1. The molecule has 2 aromatic heterocycles. The SMILES string of the molecule is CC(C)c1c(C(=O)NCC(=O)Nc2ccccc2Br)cnn1-c1ccccn1. The number of nitrogens with one attached hydrogen (secondary N) is 2. The van der Waals surface area contributed by atoms with Crippen LogP contribution in [-0.2, 0) is 4.79 Å². The Morgan fingerprint density at radius 2 is 1.89 bits per heavy atom. The standard InChI is InChI=1S/C20H20BrN5O2/c1-13(2)19-14(11-24-26(19)17-9-5-6-10-22-17)20(28)23-12-18(27)25-16-8-4-3-7-15(16)21/h3-11,13H,12H2,1-2H3,(H,23,28)(H,25,27). The summed E-state index contributed by atoms with van der Waals surface area (Å²) < 4.78 is 2.43. The second kappa shape index (κ2) is 8.79. The van der Waals surface area contributed by atoms with Crippen LogP contribution >= 0.6 is 15.9 Å². The van der Waals surface area contributed by atoms with E-state index in [1.807, 2.05) is 50.2 Å². The molecule has 1 aromatic carbocycles. The topological polar surface area (TPSA) is 88.9 Å². The van der Waals surface area contributed by atoms with Crippen molar-refractivity contribution in [2.24, 2.45) is 0 Å². The maximum atomic E-state index is 12.7. The van der Waals surface area contributed by atoms with Crippen molar-refractivity contribution >= 4 is 33.4 Å². The van der Waals surface area contributed by atoms with Crippen LogP contribution in [0.2, 0.25) is 0 Å². The molecule has 0 unspecified atom stereocenters. The van der Waals surface area contributed by atoms with E-state index in [1.54, 1.807) is 16.9 Å². The fraction of sp³-hybridized carbons (Fsp3) is 0.200. The Morgan fingerprint density at radius 1 is 1.14 bits per heavy atom. The zero-order valence-corrected chi connectivity index (χ0v) is 17.1. The Labute approximate surface area is 171 Å². The van der Waals surface area contributed by atoms with Crippen LogP contribution in [0.4, 0.5) is 5.69 Å². The van der Waals surface area contributed by atoms with E-state index >= 15 is 0 Å². The van der Waals surface area contributed by atoms with Gasteiger partial charge in [-0.05, 0) is 46.1 Å². The highest BCUT2D eigenvalue weighted by molar-refractivity contribution is 9.10. The number of pyridine rings is 1. The number of aromatic nitrogens is 3. The number of benzene rings is 1. The van der Waals surface area contributed by atoms with E-state index in [4.69, 9.17) is 0 Å². The van der Waals surface area contributed by atoms with Gasteiger partial charge in [0.2, 0.25) is 5.91 Å². The van der Waals surface area contributed by atoms with Gasteiger partial charge in [0.15, 0.2) is 5.82 Å². The molecule has 0 aliphatic carbocycles. The second-order valence-electron chi connectivity index (χ2n) is 6.41. The molecule has 0 fully saturated rings. The first-order chi connectivity index (χ1) is 13.5. The molecule has 28 heavy (non-hydrogen) atoms. The lowest BCUT2D eigenvalue weighted by Gasteiger charge is -2.12. The van der Waals surface area contributed by atoms with E-state index in [0.717, 1.165) is 10.2 Å². The highest BCUT2D eigenvalue weighted by atomic mass is 79.9. The average Bonchev–Trinajstić information content (AvgIpc) is 3.14. The van der Waals surface area contributed by atoms with Crippen LogP contribution in [0.3, 0.4) is 0 Å². The summed E-state index contributed by atoms with van der Waals surface area (Å²) in [6.07, 6.45) is 3.18. The lowest BCUT2D eigenvalue weighted by molar-refractivity contribution is -0.115. The summed E-state index contributed by atoms with van der Waals surface area (Å²) in [4.78, 5) is 29.1. The van der Waals surface area contributed by atoms with Gasteiger partial charge in [-0.1, -0.05) is 32.0 Å². The maximum Gasteiger partial charge on any atom is 0.255 e. The summed E-state index contributed by atoms with van der Waals surface area (Å²) in [5, 5.41) is 9.73. The maximum absolute atomic E-state index is 12.7. The van der Waals surface area contributed by atoms with Crippen LogP contribution in [0.5, 0.6) is 0 Å². The highest BCUT2D eigenvalue weighted by Crippen LogP contribution is 2.22. The second-order valence-corrected chi connectivity index (χ2v) is 7.26. The molecule has 144 valence electrons. The summed E-state index contributed by atoms with van der Waals surface area (Å²) in [6.45, 7) is 3.81. The van der Waals surface area contributed by atoms with E-state index in [2.05, 4.69) is 36.6 Å². The molecular weight excluding hydrogens is 422 g/mol. The third-order valence-corrected chi connectivity index (χ3v) is 4.71. The number of carbonyl (C=O) groups excluding carboxylic acids is 2. The summed E-state index contributed by atoms with van der Waals surface area (Å²) >= 11 is 3.37. The third kappa shape index (κ3) is 4.45. The van der Waals surface area contributed by atoms with Gasteiger partial charge in [-0.25, -0.2) is 9.67 Å². The number of hydrogen-bond acceptors (Lipinski definition) is 4. The predicted octanol–water partition coefficient (Wildman–Crippen LogP) is 3.52. The normalized spacial score (nSPS) is 10.7. The van der Waals surface area contributed by atoms with Crippen molar-refractivity contribution in [3.63, 3.8) is 0 Å². The number of rotatable bonds is 6. The van der Waals surface area contributed by atoms with Crippen LogP contribution < -0.4 is 10.6 Å². The molecular formula is C20H20BrN5O2. The molecule has 3 aromatic rings. The quantitative estimate of drug-likeness (QED) is 0.612.